The molecular formula is C21H21N3O4S. The second-order valence-electron chi connectivity index (χ2n) is 7.38. The molecule has 0 spiro atoms. The first-order valence-electron chi connectivity index (χ1n) is 9.49. The number of thiophene rings is 1. The lowest BCUT2D eigenvalue weighted by Crippen LogP contribution is -2.16. The number of esters is 1. The summed E-state index contributed by atoms with van der Waals surface area (Å²) in [6, 6.07) is 6.39. The predicted octanol–water partition coefficient (Wildman–Crippen LogP) is 3.42. The van der Waals surface area contributed by atoms with Gasteiger partial charge in [-0.25, -0.2) is 9.78 Å². The van der Waals surface area contributed by atoms with Gasteiger partial charge < -0.3 is 15.0 Å². The van der Waals surface area contributed by atoms with Crippen LogP contribution in [0, 0.1) is 5.92 Å². The van der Waals surface area contributed by atoms with Gasteiger partial charge in [0, 0.05) is 17.5 Å². The Balaban J connectivity index is 1.49. The van der Waals surface area contributed by atoms with Crippen LogP contribution in [0.15, 0.2) is 29.1 Å². The fraction of sp³-hybridized carbons (Fsp3) is 0.333. The summed E-state index contributed by atoms with van der Waals surface area (Å²) in [5.41, 5.74) is 1.90. The van der Waals surface area contributed by atoms with E-state index in [1.54, 1.807) is 35.6 Å². The lowest BCUT2D eigenvalue weighted by Gasteiger charge is -2.17. The summed E-state index contributed by atoms with van der Waals surface area (Å²) in [4.78, 5) is 45.1. The molecule has 29 heavy (non-hydrogen) atoms. The van der Waals surface area contributed by atoms with Gasteiger partial charge in [-0.1, -0.05) is 6.92 Å². The first kappa shape index (κ1) is 19.3. The lowest BCUT2D eigenvalue weighted by molar-refractivity contribution is -0.114. The topological polar surface area (TPSA) is 101 Å². The molecule has 0 unspecified atom stereocenters. The van der Waals surface area contributed by atoms with Crippen molar-refractivity contribution in [1.29, 1.82) is 0 Å². The van der Waals surface area contributed by atoms with Gasteiger partial charge >= 0.3 is 5.97 Å². The fourth-order valence-electron chi connectivity index (χ4n) is 3.57. The number of carbonyl (C=O) groups is 2. The summed E-state index contributed by atoms with van der Waals surface area (Å²) in [6.07, 6.45) is 2.97. The molecule has 0 aliphatic heterocycles. The zero-order valence-corrected chi connectivity index (χ0v) is 17.0. The van der Waals surface area contributed by atoms with Crippen LogP contribution in [0.4, 0.5) is 5.69 Å². The van der Waals surface area contributed by atoms with Crippen molar-refractivity contribution >= 4 is 39.1 Å². The third kappa shape index (κ3) is 4.07. The number of aryl methyl sites for hydroxylation is 1. The molecule has 2 N–H and O–H groups in total. The number of nitrogens with one attached hydrogen (secondary N) is 2. The number of aromatic amines is 1. The molecule has 2 aromatic heterocycles. The number of hydrogen-bond acceptors (Lipinski definition) is 6. The van der Waals surface area contributed by atoms with Gasteiger partial charge in [0.15, 0.2) is 0 Å². The van der Waals surface area contributed by atoms with E-state index < -0.39 is 5.97 Å². The van der Waals surface area contributed by atoms with Gasteiger partial charge in [-0.15, -0.1) is 11.3 Å². The zero-order valence-electron chi connectivity index (χ0n) is 16.2. The molecule has 2 heterocycles. The second kappa shape index (κ2) is 7.79. The molecular weight excluding hydrogens is 390 g/mol. The van der Waals surface area contributed by atoms with Gasteiger partial charge in [-0.05, 0) is 55.0 Å². The van der Waals surface area contributed by atoms with Gasteiger partial charge in [0.1, 0.15) is 17.3 Å². The molecule has 0 saturated heterocycles. The average molecular weight is 411 g/mol. The quantitative estimate of drug-likeness (QED) is 0.641. The predicted molar refractivity (Wildman–Crippen MR) is 111 cm³/mol. The molecule has 0 radical (unpaired) electrons. The zero-order chi connectivity index (χ0) is 20.5. The summed E-state index contributed by atoms with van der Waals surface area (Å²) in [7, 11) is 0. The number of anilines is 1. The normalized spacial score (nSPS) is 15.7. The third-order valence-electron chi connectivity index (χ3n) is 5.00. The first-order chi connectivity index (χ1) is 13.9. The molecule has 1 aliphatic carbocycles. The van der Waals surface area contributed by atoms with E-state index in [0.29, 0.717) is 33.2 Å². The molecule has 1 atom stereocenters. The maximum absolute atomic E-state index is 12.6. The Bertz CT molecular complexity index is 1150. The monoisotopic (exact) mass is 411 g/mol. The number of ether oxygens (including phenoxy) is 1. The Morgan fingerprint density at radius 1 is 1.31 bits per heavy atom. The highest BCUT2D eigenvalue weighted by atomic mass is 32.1. The molecule has 4 rings (SSSR count). The van der Waals surface area contributed by atoms with Crippen LogP contribution in [-0.2, 0) is 29.0 Å². The number of aromatic nitrogens is 2. The maximum Gasteiger partial charge on any atom is 0.338 e. The van der Waals surface area contributed by atoms with Crippen LogP contribution >= 0.6 is 11.3 Å². The van der Waals surface area contributed by atoms with Gasteiger partial charge in [0.2, 0.25) is 5.91 Å². The Hall–Kier alpha value is -3.00. The molecule has 150 valence electrons. The van der Waals surface area contributed by atoms with E-state index in [2.05, 4.69) is 22.2 Å². The Labute approximate surface area is 171 Å². The van der Waals surface area contributed by atoms with Crippen LogP contribution in [-0.4, -0.2) is 21.8 Å². The number of nitrogens with zero attached hydrogens (tertiary/aromatic N) is 1. The van der Waals surface area contributed by atoms with Crippen molar-refractivity contribution in [2.75, 3.05) is 5.32 Å². The van der Waals surface area contributed by atoms with Crippen molar-refractivity contribution in [3.8, 4) is 0 Å². The largest absolute Gasteiger partial charge is 0.454 e. The van der Waals surface area contributed by atoms with E-state index in [1.807, 2.05) is 0 Å². The van der Waals surface area contributed by atoms with Crippen LogP contribution in [0.1, 0.15) is 46.9 Å². The summed E-state index contributed by atoms with van der Waals surface area (Å²) in [6.45, 7) is 3.52. The van der Waals surface area contributed by atoms with Crippen LogP contribution in [0.25, 0.3) is 10.2 Å². The lowest BCUT2D eigenvalue weighted by atomic mass is 9.89. The average Bonchev–Trinajstić information content (AvgIpc) is 3.04. The Morgan fingerprint density at radius 3 is 2.79 bits per heavy atom. The van der Waals surface area contributed by atoms with Gasteiger partial charge in [0.05, 0.1) is 10.9 Å². The van der Waals surface area contributed by atoms with E-state index in [-0.39, 0.29) is 18.1 Å². The standard InChI is InChI=1S/C21H21N3O4S/c1-11-3-8-15-16(9-11)29-20-18(15)19(26)23-17(24-20)10-28-21(27)13-4-6-14(7-5-13)22-12(2)25/h4-7,11H,3,8-10H2,1-2H3,(H,22,25)(H,23,24,26)/t11-/m1/s1. The first-order valence-corrected chi connectivity index (χ1v) is 10.3. The SMILES string of the molecule is CC(=O)Nc1ccc(C(=O)OCc2nc3sc4c(c3c(=O)[nH]2)CC[C@@H](C)C4)cc1. The molecule has 0 bridgehead atoms. The number of H-pyrrole nitrogens is 1. The van der Waals surface area contributed by atoms with Crippen molar-refractivity contribution in [2.24, 2.45) is 5.92 Å². The van der Waals surface area contributed by atoms with Crippen molar-refractivity contribution in [1.82, 2.24) is 9.97 Å². The van der Waals surface area contributed by atoms with Crippen molar-refractivity contribution < 1.29 is 14.3 Å². The van der Waals surface area contributed by atoms with Crippen LogP contribution < -0.4 is 10.9 Å². The Kier molecular flexibility index (Phi) is 5.19. The minimum Gasteiger partial charge on any atom is -0.454 e. The number of fused-ring (bicyclic) bond motifs is 3. The van der Waals surface area contributed by atoms with E-state index in [4.69, 9.17) is 4.74 Å². The summed E-state index contributed by atoms with van der Waals surface area (Å²) in [5, 5.41) is 3.32. The maximum atomic E-state index is 12.6. The summed E-state index contributed by atoms with van der Waals surface area (Å²) in [5.74, 6) is 0.237. The van der Waals surface area contributed by atoms with E-state index in [9.17, 15) is 14.4 Å². The second-order valence-corrected chi connectivity index (χ2v) is 8.46. The number of amides is 1. The van der Waals surface area contributed by atoms with Crippen LogP contribution in [0.3, 0.4) is 0 Å². The van der Waals surface area contributed by atoms with Crippen molar-refractivity contribution in [2.45, 2.75) is 39.7 Å². The highest BCUT2D eigenvalue weighted by Gasteiger charge is 2.23. The van der Waals surface area contributed by atoms with Gasteiger partial charge in [-0.3, -0.25) is 9.59 Å². The molecule has 3 aromatic rings. The molecule has 8 heteroatoms. The smallest absolute Gasteiger partial charge is 0.338 e. The van der Waals surface area contributed by atoms with Crippen molar-refractivity contribution in [3.05, 3.63) is 56.4 Å². The van der Waals surface area contributed by atoms with Crippen LogP contribution in [0.2, 0.25) is 0 Å². The third-order valence-corrected chi connectivity index (χ3v) is 6.14. The number of benzene rings is 1. The Morgan fingerprint density at radius 2 is 2.07 bits per heavy atom. The number of hydrogen-bond donors (Lipinski definition) is 2. The van der Waals surface area contributed by atoms with E-state index in [1.165, 1.54) is 11.8 Å². The molecule has 1 amide bonds. The van der Waals surface area contributed by atoms with E-state index in [0.717, 1.165) is 24.8 Å². The molecule has 0 fully saturated rings. The van der Waals surface area contributed by atoms with E-state index >= 15 is 0 Å². The molecule has 1 aromatic carbocycles. The van der Waals surface area contributed by atoms with Gasteiger partial charge in [-0.2, -0.15) is 0 Å². The highest BCUT2D eigenvalue weighted by Crippen LogP contribution is 2.35. The van der Waals surface area contributed by atoms with Crippen molar-refractivity contribution in [3.63, 3.8) is 0 Å². The summed E-state index contributed by atoms with van der Waals surface area (Å²) < 4.78 is 5.30. The number of rotatable bonds is 4. The number of carbonyl (C=O) groups excluding carboxylic acids is 2. The summed E-state index contributed by atoms with van der Waals surface area (Å²) >= 11 is 1.56. The highest BCUT2D eigenvalue weighted by molar-refractivity contribution is 7.18. The fourth-order valence-corrected chi connectivity index (χ4v) is 4.97. The molecule has 0 saturated carbocycles. The molecule has 7 nitrogen and oxygen atoms in total. The molecule has 1 aliphatic rings. The minimum atomic E-state index is -0.526. The van der Waals surface area contributed by atoms with Crippen LogP contribution in [0.5, 0.6) is 0 Å². The van der Waals surface area contributed by atoms with Gasteiger partial charge in [0.25, 0.3) is 5.56 Å². The minimum absolute atomic E-state index is 0.115.